The molecular formula is C14H23NO5. The van der Waals surface area contributed by atoms with Gasteiger partial charge in [-0.15, -0.1) is 0 Å². The van der Waals surface area contributed by atoms with E-state index in [1.165, 1.54) is 0 Å². The van der Waals surface area contributed by atoms with Crippen molar-refractivity contribution in [3.63, 3.8) is 0 Å². The van der Waals surface area contributed by atoms with Gasteiger partial charge in [0.05, 0.1) is 30.7 Å². The first-order valence-corrected chi connectivity index (χ1v) is 7.20. The predicted molar refractivity (Wildman–Crippen MR) is 71.0 cm³/mol. The van der Waals surface area contributed by atoms with E-state index in [9.17, 15) is 19.8 Å². The maximum atomic E-state index is 12.6. The van der Waals surface area contributed by atoms with Crippen LogP contribution >= 0.6 is 0 Å². The van der Waals surface area contributed by atoms with E-state index in [0.29, 0.717) is 25.9 Å². The van der Waals surface area contributed by atoms with Crippen LogP contribution in [-0.2, 0) is 14.3 Å². The summed E-state index contributed by atoms with van der Waals surface area (Å²) < 4.78 is 5.51. The molecular weight excluding hydrogens is 262 g/mol. The molecule has 5 unspecified atom stereocenters. The summed E-state index contributed by atoms with van der Waals surface area (Å²) in [6, 6.07) is 0. The Morgan fingerprint density at radius 1 is 1.20 bits per heavy atom. The highest BCUT2D eigenvalue weighted by Gasteiger charge is 2.44. The van der Waals surface area contributed by atoms with Gasteiger partial charge >= 0.3 is 5.97 Å². The second kappa shape index (κ2) is 6.10. The van der Waals surface area contributed by atoms with Crippen LogP contribution in [0.15, 0.2) is 0 Å². The summed E-state index contributed by atoms with van der Waals surface area (Å²) in [5.41, 5.74) is 0. The molecule has 0 radical (unpaired) electrons. The number of amides is 1. The third kappa shape index (κ3) is 3.12. The number of aliphatic hydroxyl groups is 1. The van der Waals surface area contributed by atoms with Crippen LogP contribution in [0.2, 0.25) is 0 Å². The molecule has 2 rings (SSSR count). The van der Waals surface area contributed by atoms with Crippen molar-refractivity contribution in [1.82, 2.24) is 4.90 Å². The van der Waals surface area contributed by atoms with Crippen molar-refractivity contribution in [1.29, 1.82) is 0 Å². The smallest absolute Gasteiger partial charge is 0.307 e. The Kier molecular flexibility index (Phi) is 4.65. The molecule has 2 aliphatic rings. The Bertz CT molecular complexity index is 386. The molecule has 20 heavy (non-hydrogen) atoms. The summed E-state index contributed by atoms with van der Waals surface area (Å²) in [7, 11) is 0. The Hall–Kier alpha value is -1.14. The van der Waals surface area contributed by atoms with Crippen LogP contribution in [0.4, 0.5) is 0 Å². The number of ether oxygens (including phenoxy) is 1. The predicted octanol–water partition coefficient (Wildman–Crippen LogP) is 0.341. The zero-order valence-electron chi connectivity index (χ0n) is 12.0. The standard InChI is InChI=1S/C14H23NO5/c1-8-3-11(12(4-8)14(18)19)13(17)15-5-9(2)20-10(6-15)7-16/h8-12,16H,3-7H2,1-2H3,(H,18,19). The minimum atomic E-state index is -0.882. The van der Waals surface area contributed by atoms with E-state index in [1.807, 2.05) is 13.8 Å². The number of carbonyl (C=O) groups excluding carboxylic acids is 1. The average molecular weight is 285 g/mol. The summed E-state index contributed by atoms with van der Waals surface area (Å²) in [5, 5.41) is 18.5. The molecule has 2 fully saturated rings. The number of hydrogen-bond donors (Lipinski definition) is 2. The fraction of sp³-hybridized carbons (Fsp3) is 0.857. The Balaban J connectivity index is 2.07. The highest BCUT2D eigenvalue weighted by molar-refractivity contribution is 5.85. The van der Waals surface area contributed by atoms with Crippen LogP contribution in [0.1, 0.15) is 26.7 Å². The molecule has 0 spiro atoms. The first-order valence-electron chi connectivity index (χ1n) is 7.20. The summed E-state index contributed by atoms with van der Waals surface area (Å²) >= 11 is 0. The minimum absolute atomic E-state index is 0.102. The molecule has 1 saturated carbocycles. The second-order valence-corrected chi connectivity index (χ2v) is 6.12. The summed E-state index contributed by atoms with van der Waals surface area (Å²) in [6.45, 7) is 4.52. The number of aliphatic carboxylic acids is 1. The first kappa shape index (κ1) is 15.3. The van der Waals surface area contributed by atoms with Gasteiger partial charge in [0.25, 0.3) is 0 Å². The van der Waals surface area contributed by atoms with E-state index >= 15 is 0 Å². The number of carboxylic acids is 1. The third-order valence-electron chi connectivity index (χ3n) is 4.27. The van der Waals surface area contributed by atoms with Gasteiger partial charge in [0.15, 0.2) is 0 Å². The van der Waals surface area contributed by atoms with Gasteiger partial charge in [-0.25, -0.2) is 0 Å². The number of aliphatic hydroxyl groups excluding tert-OH is 1. The Labute approximate surface area is 118 Å². The number of rotatable bonds is 3. The average Bonchev–Trinajstić information content (AvgIpc) is 2.79. The zero-order chi connectivity index (χ0) is 14.9. The van der Waals surface area contributed by atoms with Gasteiger partial charge in [0.1, 0.15) is 0 Å². The maximum Gasteiger partial charge on any atom is 0.307 e. The summed E-state index contributed by atoms with van der Waals surface area (Å²) in [5.74, 6) is -1.74. The van der Waals surface area contributed by atoms with Gasteiger partial charge < -0.3 is 19.8 Å². The van der Waals surface area contributed by atoms with Gasteiger partial charge in [-0.3, -0.25) is 9.59 Å². The van der Waals surface area contributed by atoms with Crippen LogP contribution in [-0.4, -0.2) is 58.9 Å². The SMILES string of the molecule is CC1CC(C(=O)O)C(C(=O)N2CC(C)OC(CO)C2)C1. The van der Waals surface area contributed by atoms with E-state index < -0.39 is 17.8 Å². The van der Waals surface area contributed by atoms with Crippen molar-refractivity contribution < 1.29 is 24.5 Å². The number of carbonyl (C=O) groups is 2. The molecule has 1 aliphatic carbocycles. The van der Waals surface area contributed by atoms with E-state index in [-0.39, 0.29) is 30.6 Å². The molecule has 2 N–H and O–H groups in total. The van der Waals surface area contributed by atoms with E-state index in [4.69, 9.17) is 4.74 Å². The molecule has 0 aromatic heterocycles. The topological polar surface area (TPSA) is 87.1 Å². The Morgan fingerprint density at radius 3 is 2.45 bits per heavy atom. The quantitative estimate of drug-likeness (QED) is 0.781. The monoisotopic (exact) mass is 285 g/mol. The van der Waals surface area contributed by atoms with Crippen LogP contribution < -0.4 is 0 Å². The molecule has 1 heterocycles. The zero-order valence-corrected chi connectivity index (χ0v) is 12.0. The number of nitrogens with zero attached hydrogens (tertiary/aromatic N) is 1. The van der Waals surface area contributed by atoms with Crippen molar-refractivity contribution >= 4 is 11.9 Å². The van der Waals surface area contributed by atoms with Crippen molar-refractivity contribution in [3.8, 4) is 0 Å². The normalized spacial score (nSPS) is 38.0. The summed E-state index contributed by atoms with van der Waals surface area (Å²) in [4.78, 5) is 25.5. The lowest BCUT2D eigenvalue weighted by atomic mass is 9.94. The third-order valence-corrected chi connectivity index (χ3v) is 4.27. The Morgan fingerprint density at radius 2 is 1.85 bits per heavy atom. The number of hydrogen-bond acceptors (Lipinski definition) is 4. The molecule has 1 amide bonds. The van der Waals surface area contributed by atoms with Crippen molar-refractivity contribution in [3.05, 3.63) is 0 Å². The van der Waals surface area contributed by atoms with Crippen molar-refractivity contribution in [2.75, 3.05) is 19.7 Å². The molecule has 0 aromatic carbocycles. The maximum absolute atomic E-state index is 12.6. The highest BCUT2D eigenvalue weighted by Crippen LogP contribution is 2.37. The highest BCUT2D eigenvalue weighted by atomic mass is 16.5. The molecule has 6 heteroatoms. The van der Waals surface area contributed by atoms with E-state index in [2.05, 4.69) is 0 Å². The molecule has 0 aromatic rings. The summed E-state index contributed by atoms with van der Waals surface area (Å²) in [6.07, 6.45) is 0.692. The van der Waals surface area contributed by atoms with E-state index in [1.54, 1.807) is 4.90 Å². The number of carboxylic acid groups (broad SMARTS) is 1. The lowest BCUT2D eigenvalue weighted by Crippen LogP contribution is -2.52. The lowest BCUT2D eigenvalue weighted by Gasteiger charge is -2.37. The van der Waals surface area contributed by atoms with Gasteiger partial charge in [0.2, 0.25) is 5.91 Å². The van der Waals surface area contributed by atoms with Gasteiger partial charge in [-0.05, 0) is 25.7 Å². The largest absolute Gasteiger partial charge is 0.481 e. The van der Waals surface area contributed by atoms with Gasteiger partial charge in [0, 0.05) is 13.1 Å². The molecule has 1 aliphatic heterocycles. The molecule has 0 bridgehead atoms. The van der Waals surface area contributed by atoms with Gasteiger partial charge in [-0.1, -0.05) is 6.92 Å². The lowest BCUT2D eigenvalue weighted by molar-refractivity contribution is -0.157. The second-order valence-electron chi connectivity index (χ2n) is 6.12. The fourth-order valence-corrected chi connectivity index (χ4v) is 3.40. The van der Waals surface area contributed by atoms with Crippen LogP contribution in [0.5, 0.6) is 0 Å². The fourth-order valence-electron chi connectivity index (χ4n) is 3.40. The molecule has 5 atom stereocenters. The molecule has 1 saturated heterocycles. The van der Waals surface area contributed by atoms with Crippen LogP contribution in [0.3, 0.4) is 0 Å². The first-order chi connectivity index (χ1) is 9.42. The number of morpholine rings is 1. The minimum Gasteiger partial charge on any atom is -0.481 e. The van der Waals surface area contributed by atoms with E-state index in [0.717, 1.165) is 0 Å². The van der Waals surface area contributed by atoms with Crippen LogP contribution in [0, 0.1) is 17.8 Å². The molecule has 6 nitrogen and oxygen atoms in total. The van der Waals surface area contributed by atoms with Crippen LogP contribution in [0.25, 0.3) is 0 Å². The van der Waals surface area contributed by atoms with Crippen molar-refractivity contribution in [2.24, 2.45) is 17.8 Å². The molecule has 114 valence electrons. The van der Waals surface area contributed by atoms with Gasteiger partial charge in [-0.2, -0.15) is 0 Å². The van der Waals surface area contributed by atoms with Crippen molar-refractivity contribution in [2.45, 2.75) is 38.9 Å².